The summed E-state index contributed by atoms with van der Waals surface area (Å²) < 4.78 is 0. The first kappa shape index (κ1) is 18.7. The lowest BCUT2D eigenvalue weighted by molar-refractivity contribution is -0.117. The van der Waals surface area contributed by atoms with Crippen LogP contribution in [0.4, 0.5) is 5.69 Å². The second-order valence-electron chi connectivity index (χ2n) is 7.87. The molecule has 4 rings (SSSR count). The second-order valence-corrected chi connectivity index (χ2v) is 7.87. The Labute approximate surface area is 166 Å². The highest BCUT2D eigenvalue weighted by atomic mass is 16.2. The van der Waals surface area contributed by atoms with Gasteiger partial charge in [-0.2, -0.15) is 0 Å². The summed E-state index contributed by atoms with van der Waals surface area (Å²) in [5.41, 5.74) is 5.50. The molecular weight excluding hydrogens is 348 g/mol. The van der Waals surface area contributed by atoms with Crippen LogP contribution < -0.4 is 10.2 Å². The van der Waals surface area contributed by atoms with Gasteiger partial charge in [-0.3, -0.25) is 9.59 Å². The zero-order chi connectivity index (χ0) is 19.5. The van der Waals surface area contributed by atoms with Crippen molar-refractivity contribution in [3.63, 3.8) is 0 Å². The molecule has 1 N–H and O–H groups in total. The van der Waals surface area contributed by atoms with Gasteiger partial charge >= 0.3 is 0 Å². The van der Waals surface area contributed by atoms with E-state index in [-0.39, 0.29) is 17.9 Å². The van der Waals surface area contributed by atoms with E-state index in [0.29, 0.717) is 12.0 Å². The fourth-order valence-electron chi connectivity index (χ4n) is 4.37. The Bertz CT molecular complexity index is 890. The minimum atomic E-state index is -0.0851. The summed E-state index contributed by atoms with van der Waals surface area (Å²) in [5.74, 6) is 0.0520. The summed E-state index contributed by atoms with van der Waals surface area (Å²) in [4.78, 5) is 26.7. The fraction of sp³-hybridized carbons (Fsp3) is 0.417. The molecule has 0 radical (unpaired) electrons. The molecule has 0 bridgehead atoms. The standard InChI is InChI=1S/C24H28N2O2/c1-2-22(19-13-12-17-7-3-4-8-18(17)15-19)25-24(28)20-9-5-10-21(16-20)26-14-6-11-23(26)27/h5,9-10,12-13,15-16,22H,2-4,6-8,11,14H2,1H3,(H,25,28). The average Bonchev–Trinajstić information content (AvgIpc) is 3.17. The largest absolute Gasteiger partial charge is 0.345 e. The maximum absolute atomic E-state index is 12.9. The Balaban J connectivity index is 1.51. The number of fused-ring (bicyclic) bond motifs is 1. The van der Waals surface area contributed by atoms with Gasteiger partial charge in [0.05, 0.1) is 6.04 Å². The lowest BCUT2D eigenvalue weighted by Crippen LogP contribution is -2.29. The Kier molecular flexibility index (Phi) is 5.47. The second kappa shape index (κ2) is 8.17. The molecular formula is C24H28N2O2. The van der Waals surface area contributed by atoms with Gasteiger partial charge in [0.15, 0.2) is 0 Å². The summed E-state index contributed by atoms with van der Waals surface area (Å²) >= 11 is 0. The molecule has 2 aliphatic rings. The van der Waals surface area contributed by atoms with E-state index in [1.807, 2.05) is 24.3 Å². The van der Waals surface area contributed by atoms with Crippen molar-refractivity contribution in [2.75, 3.05) is 11.4 Å². The molecule has 1 saturated heterocycles. The van der Waals surface area contributed by atoms with Crippen LogP contribution in [0.5, 0.6) is 0 Å². The SMILES string of the molecule is CCC(NC(=O)c1cccc(N2CCCC2=O)c1)c1ccc2c(c1)CCCC2. The highest BCUT2D eigenvalue weighted by molar-refractivity contribution is 5.99. The average molecular weight is 377 g/mol. The van der Waals surface area contributed by atoms with Crippen LogP contribution in [0.3, 0.4) is 0 Å². The van der Waals surface area contributed by atoms with Gasteiger partial charge in [-0.25, -0.2) is 0 Å². The molecule has 0 saturated carbocycles. The first-order chi connectivity index (χ1) is 13.7. The number of hydrogen-bond donors (Lipinski definition) is 1. The fourth-order valence-corrected chi connectivity index (χ4v) is 4.37. The van der Waals surface area contributed by atoms with Crippen LogP contribution in [-0.2, 0) is 17.6 Å². The molecule has 1 atom stereocenters. The van der Waals surface area contributed by atoms with E-state index in [9.17, 15) is 9.59 Å². The van der Waals surface area contributed by atoms with Crippen LogP contribution in [0.1, 0.15) is 72.1 Å². The molecule has 2 aromatic rings. The molecule has 4 heteroatoms. The van der Waals surface area contributed by atoms with E-state index >= 15 is 0 Å². The molecule has 28 heavy (non-hydrogen) atoms. The smallest absolute Gasteiger partial charge is 0.251 e. The summed E-state index contributed by atoms with van der Waals surface area (Å²) in [6.45, 7) is 2.83. The molecule has 2 amide bonds. The molecule has 0 spiro atoms. The molecule has 0 aromatic heterocycles. The highest BCUT2D eigenvalue weighted by Gasteiger charge is 2.23. The number of anilines is 1. The Morgan fingerprint density at radius 2 is 1.86 bits per heavy atom. The normalized spacial score (nSPS) is 17.3. The number of carbonyl (C=O) groups is 2. The van der Waals surface area contributed by atoms with Crippen molar-refractivity contribution in [2.45, 2.75) is 57.9 Å². The summed E-state index contributed by atoms with van der Waals surface area (Å²) in [5, 5.41) is 3.19. The number of hydrogen-bond acceptors (Lipinski definition) is 2. The highest BCUT2D eigenvalue weighted by Crippen LogP contribution is 2.27. The maximum atomic E-state index is 12.9. The van der Waals surface area contributed by atoms with Crippen molar-refractivity contribution in [2.24, 2.45) is 0 Å². The first-order valence-electron chi connectivity index (χ1n) is 10.5. The monoisotopic (exact) mass is 376 g/mol. The quantitative estimate of drug-likeness (QED) is 0.831. The zero-order valence-electron chi connectivity index (χ0n) is 16.5. The zero-order valence-corrected chi connectivity index (χ0v) is 16.5. The van der Waals surface area contributed by atoms with Gasteiger partial charge in [0, 0.05) is 24.2 Å². The van der Waals surface area contributed by atoms with E-state index in [1.165, 1.54) is 36.0 Å². The van der Waals surface area contributed by atoms with Crippen LogP contribution in [0.25, 0.3) is 0 Å². The van der Waals surface area contributed by atoms with Crippen molar-refractivity contribution in [3.05, 3.63) is 64.7 Å². The van der Waals surface area contributed by atoms with Gasteiger partial charge in [-0.05, 0) is 73.4 Å². The predicted molar refractivity (Wildman–Crippen MR) is 112 cm³/mol. The molecule has 146 valence electrons. The van der Waals surface area contributed by atoms with Crippen LogP contribution >= 0.6 is 0 Å². The summed E-state index contributed by atoms with van der Waals surface area (Å²) in [6.07, 6.45) is 7.14. The van der Waals surface area contributed by atoms with E-state index < -0.39 is 0 Å². The maximum Gasteiger partial charge on any atom is 0.251 e. The van der Waals surface area contributed by atoms with Crippen LogP contribution in [-0.4, -0.2) is 18.4 Å². The Hall–Kier alpha value is -2.62. The number of nitrogens with zero attached hydrogens (tertiary/aromatic N) is 1. The van der Waals surface area contributed by atoms with Gasteiger partial charge in [0.1, 0.15) is 0 Å². The van der Waals surface area contributed by atoms with Crippen LogP contribution in [0.15, 0.2) is 42.5 Å². The van der Waals surface area contributed by atoms with Crippen molar-refractivity contribution in [1.82, 2.24) is 5.32 Å². The molecule has 2 aromatic carbocycles. The van der Waals surface area contributed by atoms with E-state index in [2.05, 4.69) is 30.4 Å². The third kappa shape index (κ3) is 3.82. The minimum absolute atomic E-state index is 0.00296. The van der Waals surface area contributed by atoms with Gasteiger partial charge in [-0.1, -0.05) is 31.2 Å². The minimum Gasteiger partial charge on any atom is -0.345 e. The van der Waals surface area contributed by atoms with E-state index in [1.54, 1.807) is 4.90 Å². The summed E-state index contributed by atoms with van der Waals surface area (Å²) in [6, 6.07) is 14.1. The lowest BCUT2D eigenvalue weighted by Gasteiger charge is -2.22. The number of rotatable bonds is 5. The first-order valence-corrected chi connectivity index (χ1v) is 10.5. The van der Waals surface area contributed by atoms with Gasteiger partial charge in [0.25, 0.3) is 5.91 Å². The third-order valence-electron chi connectivity index (χ3n) is 5.98. The van der Waals surface area contributed by atoms with Crippen LogP contribution in [0, 0.1) is 0 Å². The molecule has 1 fully saturated rings. The molecule has 1 aliphatic carbocycles. The third-order valence-corrected chi connectivity index (χ3v) is 5.98. The number of amides is 2. The van der Waals surface area contributed by atoms with Crippen molar-refractivity contribution < 1.29 is 9.59 Å². The number of carbonyl (C=O) groups excluding carboxylic acids is 2. The molecule has 4 nitrogen and oxygen atoms in total. The van der Waals surface area contributed by atoms with Gasteiger partial charge in [-0.15, -0.1) is 0 Å². The molecule has 1 aliphatic heterocycles. The Morgan fingerprint density at radius 3 is 2.61 bits per heavy atom. The molecule has 1 heterocycles. The summed E-state index contributed by atoms with van der Waals surface area (Å²) in [7, 11) is 0. The number of benzene rings is 2. The van der Waals surface area contributed by atoms with Crippen molar-refractivity contribution in [1.29, 1.82) is 0 Å². The Morgan fingerprint density at radius 1 is 1.04 bits per heavy atom. The van der Waals surface area contributed by atoms with Gasteiger partial charge < -0.3 is 10.2 Å². The van der Waals surface area contributed by atoms with Crippen molar-refractivity contribution >= 4 is 17.5 Å². The lowest BCUT2D eigenvalue weighted by atomic mass is 9.88. The number of aryl methyl sites for hydroxylation is 2. The number of nitrogens with one attached hydrogen (secondary N) is 1. The van der Waals surface area contributed by atoms with E-state index in [0.717, 1.165) is 31.5 Å². The topological polar surface area (TPSA) is 49.4 Å². The molecule has 1 unspecified atom stereocenters. The van der Waals surface area contributed by atoms with Crippen LogP contribution in [0.2, 0.25) is 0 Å². The van der Waals surface area contributed by atoms with E-state index in [4.69, 9.17) is 0 Å². The van der Waals surface area contributed by atoms with Gasteiger partial charge in [0.2, 0.25) is 5.91 Å². The van der Waals surface area contributed by atoms with Crippen molar-refractivity contribution in [3.8, 4) is 0 Å². The predicted octanol–water partition coefficient (Wildman–Crippen LogP) is 4.57.